The number of carbonyl (C=O) groups excluding carboxylic acids is 1. The third-order valence-corrected chi connectivity index (χ3v) is 3.52. The van der Waals surface area contributed by atoms with Crippen molar-refractivity contribution in [2.45, 2.75) is 0 Å². The highest BCUT2D eigenvalue weighted by atomic mass is 79.9. The molecule has 21 heavy (non-hydrogen) atoms. The van der Waals surface area contributed by atoms with Gasteiger partial charge in [0.05, 0.1) is 5.69 Å². The third-order valence-electron chi connectivity index (χ3n) is 2.86. The van der Waals surface area contributed by atoms with Crippen molar-refractivity contribution in [3.63, 3.8) is 0 Å². The summed E-state index contributed by atoms with van der Waals surface area (Å²) >= 11 is 3.42. The van der Waals surface area contributed by atoms with E-state index in [-0.39, 0.29) is 6.03 Å². The SMILES string of the molecule is C=CCN(CC=C)C(=O)Nc1cc2c(cc1Br)OCCO2. The maximum absolute atomic E-state index is 12.2. The number of amides is 2. The topological polar surface area (TPSA) is 50.8 Å². The molecule has 2 amide bonds. The van der Waals surface area contributed by atoms with Crippen molar-refractivity contribution < 1.29 is 14.3 Å². The van der Waals surface area contributed by atoms with Crippen molar-refractivity contribution in [1.82, 2.24) is 4.90 Å². The Bertz CT molecular complexity index is 550. The number of halogens is 1. The molecule has 1 aromatic carbocycles. The number of benzene rings is 1. The van der Waals surface area contributed by atoms with Crippen LogP contribution in [0.2, 0.25) is 0 Å². The standard InChI is InChI=1S/C15H17BrN2O3/c1-3-5-18(6-4-2)15(19)17-12-10-14-13(9-11(12)16)20-7-8-21-14/h3-4,9-10H,1-2,5-8H2,(H,17,19). The van der Waals surface area contributed by atoms with Crippen molar-refractivity contribution in [3.05, 3.63) is 41.9 Å². The molecular weight excluding hydrogens is 336 g/mol. The Morgan fingerprint density at radius 2 is 1.81 bits per heavy atom. The highest BCUT2D eigenvalue weighted by molar-refractivity contribution is 9.10. The molecule has 0 aliphatic carbocycles. The van der Waals surface area contributed by atoms with Crippen LogP contribution in [0, 0.1) is 0 Å². The average molecular weight is 353 g/mol. The summed E-state index contributed by atoms with van der Waals surface area (Å²) in [6.45, 7) is 9.21. The largest absolute Gasteiger partial charge is 0.486 e. The molecule has 0 aromatic heterocycles. The van der Waals surface area contributed by atoms with Crippen molar-refractivity contribution in [3.8, 4) is 11.5 Å². The van der Waals surface area contributed by atoms with Crippen LogP contribution in [0.15, 0.2) is 41.9 Å². The van der Waals surface area contributed by atoms with E-state index >= 15 is 0 Å². The molecule has 1 aromatic rings. The summed E-state index contributed by atoms with van der Waals surface area (Å²) in [6.07, 6.45) is 3.34. The fourth-order valence-electron chi connectivity index (χ4n) is 1.91. The van der Waals surface area contributed by atoms with E-state index in [2.05, 4.69) is 34.4 Å². The lowest BCUT2D eigenvalue weighted by atomic mass is 10.2. The Kier molecular flexibility index (Phi) is 5.27. The van der Waals surface area contributed by atoms with E-state index in [0.717, 1.165) is 4.47 Å². The number of hydrogen-bond acceptors (Lipinski definition) is 3. The lowest BCUT2D eigenvalue weighted by molar-refractivity contribution is 0.171. The molecule has 0 radical (unpaired) electrons. The van der Waals surface area contributed by atoms with Gasteiger partial charge in [-0.2, -0.15) is 0 Å². The second-order valence-corrected chi connectivity index (χ2v) is 5.24. The van der Waals surface area contributed by atoms with Crippen LogP contribution in [-0.2, 0) is 0 Å². The lowest BCUT2D eigenvalue weighted by Crippen LogP contribution is -2.35. The molecule has 112 valence electrons. The summed E-state index contributed by atoms with van der Waals surface area (Å²) in [4.78, 5) is 13.8. The van der Waals surface area contributed by atoms with E-state index in [4.69, 9.17) is 9.47 Å². The number of urea groups is 1. The number of rotatable bonds is 5. The van der Waals surface area contributed by atoms with Crippen molar-refractivity contribution in [1.29, 1.82) is 0 Å². The molecule has 0 saturated carbocycles. The lowest BCUT2D eigenvalue weighted by Gasteiger charge is -2.22. The molecule has 1 N–H and O–H groups in total. The van der Waals surface area contributed by atoms with E-state index in [9.17, 15) is 4.79 Å². The van der Waals surface area contributed by atoms with E-state index in [1.165, 1.54) is 0 Å². The number of nitrogens with zero attached hydrogens (tertiary/aromatic N) is 1. The van der Waals surface area contributed by atoms with Crippen LogP contribution in [0.5, 0.6) is 11.5 Å². The Balaban J connectivity index is 2.16. The molecule has 1 aliphatic heterocycles. The zero-order valence-electron chi connectivity index (χ0n) is 11.6. The van der Waals surface area contributed by atoms with Gasteiger partial charge in [-0.25, -0.2) is 4.79 Å². The summed E-state index contributed by atoms with van der Waals surface area (Å²) in [7, 11) is 0. The van der Waals surface area contributed by atoms with Crippen LogP contribution in [0.25, 0.3) is 0 Å². The third kappa shape index (κ3) is 3.78. The highest BCUT2D eigenvalue weighted by Gasteiger charge is 2.17. The van der Waals surface area contributed by atoms with E-state index in [1.807, 2.05) is 0 Å². The summed E-state index contributed by atoms with van der Waals surface area (Å²) < 4.78 is 11.7. The van der Waals surface area contributed by atoms with Gasteiger partial charge in [-0.1, -0.05) is 12.2 Å². The first-order chi connectivity index (χ1) is 10.2. The minimum atomic E-state index is -0.229. The van der Waals surface area contributed by atoms with Gasteiger partial charge >= 0.3 is 6.03 Å². The second-order valence-electron chi connectivity index (χ2n) is 4.39. The molecule has 1 heterocycles. The molecule has 0 spiro atoms. The predicted molar refractivity (Wildman–Crippen MR) is 86.1 cm³/mol. The summed E-state index contributed by atoms with van der Waals surface area (Å²) in [5.74, 6) is 1.29. The Labute approximate surface area is 132 Å². The fraction of sp³-hybridized carbons (Fsp3) is 0.267. The number of fused-ring (bicyclic) bond motifs is 1. The normalized spacial score (nSPS) is 12.4. The molecule has 2 rings (SSSR count). The first-order valence-corrected chi connectivity index (χ1v) is 7.32. The molecule has 0 bridgehead atoms. The highest BCUT2D eigenvalue weighted by Crippen LogP contribution is 2.38. The maximum atomic E-state index is 12.2. The molecule has 6 heteroatoms. The van der Waals surface area contributed by atoms with Gasteiger partial charge in [-0.05, 0) is 15.9 Å². The van der Waals surface area contributed by atoms with E-state index in [1.54, 1.807) is 29.2 Å². The zero-order valence-corrected chi connectivity index (χ0v) is 13.2. The molecule has 0 saturated heterocycles. The average Bonchev–Trinajstić information content (AvgIpc) is 2.47. The fourth-order valence-corrected chi connectivity index (χ4v) is 2.33. The Morgan fingerprint density at radius 3 is 2.38 bits per heavy atom. The molecule has 0 fully saturated rings. The van der Waals surface area contributed by atoms with Gasteiger partial charge in [0, 0.05) is 29.7 Å². The van der Waals surface area contributed by atoms with Gasteiger partial charge in [-0.15, -0.1) is 13.2 Å². The van der Waals surface area contributed by atoms with Gasteiger partial charge in [-0.3, -0.25) is 0 Å². The molecule has 0 unspecified atom stereocenters. The van der Waals surface area contributed by atoms with Crippen LogP contribution >= 0.6 is 15.9 Å². The van der Waals surface area contributed by atoms with Crippen LogP contribution < -0.4 is 14.8 Å². The van der Waals surface area contributed by atoms with Crippen molar-refractivity contribution in [2.75, 3.05) is 31.6 Å². The Morgan fingerprint density at radius 1 is 1.24 bits per heavy atom. The Hall–Kier alpha value is -1.95. The zero-order chi connectivity index (χ0) is 15.2. The quantitative estimate of drug-likeness (QED) is 0.826. The first-order valence-electron chi connectivity index (χ1n) is 6.52. The van der Waals surface area contributed by atoms with Crippen LogP contribution in [0.3, 0.4) is 0 Å². The first kappa shape index (κ1) is 15.4. The summed E-state index contributed by atoms with van der Waals surface area (Å²) in [5, 5.41) is 2.84. The van der Waals surface area contributed by atoms with Gasteiger partial charge in [0.1, 0.15) is 13.2 Å². The van der Waals surface area contributed by atoms with Crippen LogP contribution in [0.1, 0.15) is 0 Å². The van der Waals surface area contributed by atoms with Gasteiger partial charge < -0.3 is 19.7 Å². The van der Waals surface area contributed by atoms with Crippen LogP contribution in [-0.4, -0.2) is 37.2 Å². The van der Waals surface area contributed by atoms with Crippen molar-refractivity contribution in [2.24, 2.45) is 0 Å². The van der Waals surface area contributed by atoms with Crippen LogP contribution in [0.4, 0.5) is 10.5 Å². The minimum Gasteiger partial charge on any atom is -0.486 e. The molecule has 5 nitrogen and oxygen atoms in total. The number of anilines is 1. The van der Waals surface area contributed by atoms with Crippen molar-refractivity contribution >= 4 is 27.6 Å². The monoisotopic (exact) mass is 352 g/mol. The number of hydrogen-bond donors (Lipinski definition) is 1. The number of ether oxygens (including phenoxy) is 2. The second kappa shape index (κ2) is 7.17. The molecule has 0 atom stereocenters. The molecular formula is C15H17BrN2O3. The summed E-state index contributed by atoms with van der Waals surface area (Å²) in [6, 6.07) is 3.30. The van der Waals surface area contributed by atoms with Gasteiger partial charge in [0.2, 0.25) is 0 Å². The minimum absolute atomic E-state index is 0.229. The number of nitrogens with one attached hydrogen (secondary N) is 1. The smallest absolute Gasteiger partial charge is 0.322 e. The van der Waals surface area contributed by atoms with E-state index < -0.39 is 0 Å². The summed E-state index contributed by atoms with van der Waals surface area (Å²) in [5.41, 5.74) is 0.627. The predicted octanol–water partition coefficient (Wildman–Crippen LogP) is 3.43. The molecule has 1 aliphatic rings. The van der Waals surface area contributed by atoms with Gasteiger partial charge in [0.25, 0.3) is 0 Å². The van der Waals surface area contributed by atoms with E-state index in [0.29, 0.717) is 43.5 Å². The number of carbonyl (C=O) groups is 1. The maximum Gasteiger partial charge on any atom is 0.322 e. The van der Waals surface area contributed by atoms with Gasteiger partial charge in [0.15, 0.2) is 11.5 Å².